The third-order valence-corrected chi connectivity index (χ3v) is 4.96. The first kappa shape index (κ1) is 19.5. The standard InChI is InChI=1S/C21H28FN3O2/c1-14(2)5-10-19-23-17-13-25(12-11-18(17)27-19)21(26)20(24(3)4)15-6-8-16(22)9-7-15/h6-9,14,20H,5,10-13H2,1-4H3. The van der Waals surface area contributed by atoms with Crippen LogP contribution in [0.3, 0.4) is 0 Å². The molecule has 3 rings (SSSR count). The molecule has 0 fully saturated rings. The smallest absolute Gasteiger partial charge is 0.244 e. The van der Waals surface area contributed by atoms with E-state index in [0.717, 1.165) is 35.7 Å². The molecule has 1 aromatic carbocycles. The monoisotopic (exact) mass is 373 g/mol. The molecule has 0 bridgehead atoms. The number of carbonyl (C=O) groups is 1. The Labute approximate surface area is 160 Å². The van der Waals surface area contributed by atoms with Crippen LogP contribution in [0.2, 0.25) is 0 Å². The summed E-state index contributed by atoms with van der Waals surface area (Å²) in [5.41, 5.74) is 1.65. The van der Waals surface area contributed by atoms with Crippen molar-refractivity contribution in [3.63, 3.8) is 0 Å². The normalized spacial score (nSPS) is 15.3. The van der Waals surface area contributed by atoms with E-state index < -0.39 is 6.04 Å². The van der Waals surface area contributed by atoms with Crippen molar-refractivity contribution in [1.82, 2.24) is 14.8 Å². The van der Waals surface area contributed by atoms with Crippen molar-refractivity contribution in [2.75, 3.05) is 20.6 Å². The number of benzene rings is 1. The van der Waals surface area contributed by atoms with E-state index >= 15 is 0 Å². The predicted octanol–water partition coefficient (Wildman–Crippen LogP) is 3.59. The maximum Gasteiger partial charge on any atom is 0.244 e. The van der Waals surface area contributed by atoms with E-state index in [1.165, 1.54) is 12.1 Å². The van der Waals surface area contributed by atoms with Crippen LogP contribution in [-0.4, -0.2) is 41.3 Å². The molecular weight excluding hydrogens is 345 g/mol. The molecule has 0 spiro atoms. The zero-order valence-corrected chi connectivity index (χ0v) is 16.5. The number of aromatic nitrogens is 1. The van der Waals surface area contributed by atoms with Crippen molar-refractivity contribution in [3.05, 3.63) is 53.0 Å². The number of hydrogen-bond donors (Lipinski definition) is 0. The summed E-state index contributed by atoms with van der Waals surface area (Å²) in [6, 6.07) is 5.69. The molecule has 0 saturated carbocycles. The third-order valence-electron chi connectivity index (χ3n) is 4.96. The lowest BCUT2D eigenvalue weighted by Gasteiger charge is -2.32. The Bertz CT molecular complexity index is 783. The number of oxazole rings is 1. The van der Waals surface area contributed by atoms with E-state index in [1.807, 2.05) is 23.9 Å². The number of fused-ring (bicyclic) bond motifs is 1. The van der Waals surface area contributed by atoms with Gasteiger partial charge in [-0.15, -0.1) is 0 Å². The summed E-state index contributed by atoms with van der Waals surface area (Å²) < 4.78 is 19.1. The minimum absolute atomic E-state index is 0.00369. The summed E-state index contributed by atoms with van der Waals surface area (Å²) in [6.07, 6.45) is 2.54. The fraction of sp³-hybridized carbons (Fsp3) is 0.524. The Morgan fingerprint density at radius 1 is 1.30 bits per heavy atom. The van der Waals surface area contributed by atoms with Gasteiger partial charge in [-0.3, -0.25) is 9.69 Å². The zero-order valence-electron chi connectivity index (χ0n) is 16.5. The van der Waals surface area contributed by atoms with Gasteiger partial charge in [0.25, 0.3) is 0 Å². The summed E-state index contributed by atoms with van der Waals surface area (Å²) >= 11 is 0. The second-order valence-corrected chi connectivity index (χ2v) is 7.84. The molecule has 2 aromatic rings. The second-order valence-electron chi connectivity index (χ2n) is 7.84. The van der Waals surface area contributed by atoms with Crippen LogP contribution in [0.15, 0.2) is 28.7 Å². The zero-order chi connectivity index (χ0) is 19.6. The van der Waals surface area contributed by atoms with Gasteiger partial charge in [-0.05, 0) is 44.1 Å². The number of nitrogens with zero attached hydrogens (tertiary/aromatic N) is 3. The Balaban J connectivity index is 1.74. The Hall–Kier alpha value is -2.21. The molecule has 0 N–H and O–H groups in total. The van der Waals surface area contributed by atoms with Crippen molar-refractivity contribution in [1.29, 1.82) is 0 Å². The van der Waals surface area contributed by atoms with Gasteiger partial charge in [0.2, 0.25) is 5.91 Å². The molecule has 146 valence electrons. The van der Waals surface area contributed by atoms with Crippen LogP contribution >= 0.6 is 0 Å². The molecule has 1 aliphatic heterocycles. The number of carbonyl (C=O) groups excluding carboxylic acids is 1. The van der Waals surface area contributed by atoms with Crippen LogP contribution in [-0.2, 0) is 24.2 Å². The van der Waals surface area contributed by atoms with Crippen LogP contribution < -0.4 is 0 Å². The molecule has 1 atom stereocenters. The van der Waals surface area contributed by atoms with Crippen LogP contribution in [0, 0.1) is 11.7 Å². The lowest BCUT2D eigenvalue weighted by Crippen LogP contribution is -2.43. The Kier molecular flexibility index (Phi) is 5.95. The quantitative estimate of drug-likeness (QED) is 0.776. The molecule has 0 saturated heterocycles. The van der Waals surface area contributed by atoms with Gasteiger partial charge < -0.3 is 9.32 Å². The average Bonchev–Trinajstić information content (AvgIpc) is 3.03. The SMILES string of the molecule is CC(C)CCc1nc2c(o1)CCN(C(=O)C(c1ccc(F)cc1)N(C)C)C2. The molecule has 5 nitrogen and oxygen atoms in total. The topological polar surface area (TPSA) is 49.6 Å². The highest BCUT2D eigenvalue weighted by Gasteiger charge is 2.32. The Morgan fingerprint density at radius 3 is 2.63 bits per heavy atom. The van der Waals surface area contributed by atoms with E-state index in [9.17, 15) is 9.18 Å². The van der Waals surface area contributed by atoms with Gasteiger partial charge in [-0.2, -0.15) is 0 Å². The van der Waals surface area contributed by atoms with E-state index in [0.29, 0.717) is 25.4 Å². The summed E-state index contributed by atoms with van der Waals surface area (Å²) in [5.74, 6) is 1.97. The predicted molar refractivity (Wildman–Crippen MR) is 102 cm³/mol. The summed E-state index contributed by atoms with van der Waals surface area (Å²) in [6.45, 7) is 5.43. The number of halogens is 1. The van der Waals surface area contributed by atoms with Crippen LogP contribution in [0.1, 0.15) is 49.2 Å². The molecule has 6 heteroatoms. The summed E-state index contributed by atoms with van der Waals surface area (Å²) in [7, 11) is 3.73. The summed E-state index contributed by atoms with van der Waals surface area (Å²) in [5, 5.41) is 0. The second kappa shape index (κ2) is 8.21. The van der Waals surface area contributed by atoms with Crippen LogP contribution in [0.5, 0.6) is 0 Å². The van der Waals surface area contributed by atoms with Crippen molar-refractivity contribution in [2.24, 2.45) is 5.92 Å². The highest BCUT2D eigenvalue weighted by molar-refractivity contribution is 5.83. The van der Waals surface area contributed by atoms with Gasteiger partial charge in [0.15, 0.2) is 5.89 Å². The fourth-order valence-electron chi connectivity index (χ4n) is 3.44. The van der Waals surface area contributed by atoms with Crippen molar-refractivity contribution in [2.45, 2.75) is 45.7 Å². The van der Waals surface area contributed by atoms with E-state index in [-0.39, 0.29) is 11.7 Å². The van der Waals surface area contributed by atoms with Crippen LogP contribution in [0.25, 0.3) is 0 Å². The molecular formula is C21H28FN3O2. The van der Waals surface area contributed by atoms with E-state index in [4.69, 9.17) is 4.42 Å². The van der Waals surface area contributed by atoms with Crippen LogP contribution in [0.4, 0.5) is 4.39 Å². The molecule has 1 amide bonds. The lowest BCUT2D eigenvalue weighted by molar-refractivity contribution is -0.137. The van der Waals surface area contributed by atoms with Gasteiger partial charge in [0, 0.05) is 19.4 Å². The fourth-order valence-corrected chi connectivity index (χ4v) is 3.44. The minimum atomic E-state index is -0.445. The molecule has 0 radical (unpaired) electrons. The molecule has 1 aromatic heterocycles. The van der Waals surface area contributed by atoms with Gasteiger partial charge in [-0.1, -0.05) is 26.0 Å². The average molecular weight is 373 g/mol. The maximum atomic E-state index is 13.3. The third kappa shape index (κ3) is 4.56. The molecule has 27 heavy (non-hydrogen) atoms. The lowest BCUT2D eigenvalue weighted by atomic mass is 10.0. The molecule has 1 aliphatic rings. The van der Waals surface area contributed by atoms with E-state index in [1.54, 1.807) is 12.1 Å². The van der Waals surface area contributed by atoms with Gasteiger partial charge in [0.05, 0.1) is 6.54 Å². The first-order valence-electron chi connectivity index (χ1n) is 9.53. The van der Waals surface area contributed by atoms with Gasteiger partial charge in [-0.25, -0.2) is 9.37 Å². The number of aryl methyl sites for hydroxylation is 1. The first-order valence-corrected chi connectivity index (χ1v) is 9.53. The molecule has 1 unspecified atom stereocenters. The van der Waals surface area contributed by atoms with Crippen molar-refractivity contribution in [3.8, 4) is 0 Å². The number of hydrogen-bond acceptors (Lipinski definition) is 4. The van der Waals surface area contributed by atoms with E-state index in [2.05, 4.69) is 18.8 Å². The maximum absolute atomic E-state index is 13.3. The minimum Gasteiger partial charge on any atom is -0.445 e. The number of rotatable bonds is 6. The molecule has 0 aliphatic carbocycles. The summed E-state index contributed by atoms with van der Waals surface area (Å²) in [4.78, 5) is 21.5. The largest absolute Gasteiger partial charge is 0.445 e. The highest BCUT2D eigenvalue weighted by atomic mass is 19.1. The first-order chi connectivity index (χ1) is 12.8. The van der Waals surface area contributed by atoms with Gasteiger partial charge in [0.1, 0.15) is 23.3 Å². The number of likely N-dealkylation sites (N-methyl/N-ethyl adjacent to an activating group) is 1. The van der Waals surface area contributed by atoms with Crippen molar-refractivity contribution < 1.29 is 13.6 Å². The number of amides is 1. The highest BCUT2D eigenvalue weighted by Crippen LogP contribution is 2.26. The Morgan fingerprint density at radius 2 is 2.00 bits per heavy atom. The van der Waals surface area contributed by atoms with Crippen molar-refractivity contribution >= 4 is 5.91 Å². The molecule has 2 heterocycles. The van der Waals surface area contributed by atoms with Gasteiger partial charge >= 0.3 is 0 Å².